The standard InChI is InChI=1S/C25H25F3N4O5/c1-17-15-22(24-29-23(31-37-24)19-5-9-21(10-6-19)36-25(26,27)28)30-32(17)16-18-3-7-20(8-4-18)35-14-13-34-12-11-33-2/h3-10,15H,11-14,16H2,1-2H3. The van der Waals surface area contributed by atoms with Gasteiger partial charge in [-0.2, -0.15) is 10.1 Å². The minimum Gasteiger partial charge on any atom is -0.491 e. The van der Waals surface area contributed by atoms with Crippen LogP contribution in [-0.4, -0.2) is 59.8 Å². The van der Waals surface area contributed by atoms with Crippen LogP contribution in [-0.2, 0) is 16.0 Å². The maximum atomic E-state index is 12.4. The Labute approximate surface area is 210 Å². The monoisotopic (exact) mass is 518 g/mol. The first-order valence-electron chi connectivity index (χ1n) is 11.3. The lowest BCUT2D eigenvalue weighted by Crippen LogP contribution is -2.16. The number of nitrogens with zero attached hydrogens (tertiary/aromatic N) is 4. The van der Waals surface area contributed by atoms with E-state index in [4.69, 9.17) is 18.7 Å². The highest BCUT2D eigenvalue weighted by Gasteiger charge is 2.31. The third-order valence-electron chi connectivity index (χ3n) is 5.16. The molecule has 0 saturated heterocycles. The van der Waals surface area contributed by atoms with Gasteiger partial charge in [0.15, 0.2) is 5.69 Å². The molecule has 37 heavy (non-hydrogen) atoms. The predicted molar refractivity (Wildman–Crippen MR) is 126 cm³/mol. The lowest BCUT2D eigenvalue weighted by molar-refractivity contribution is -0.274. The molecule has 0 atom stereocenters. The van der Waals surface area contributed by atoms with Crippen LogP contribution in [0.4, 0.5) is 13.2 Å². The number of hydrogen-bond donors (Lipinski definition) is 0. The lowest BCUT2D eigenvalue weighted by Gasteiger charge is -2.08. The molecule has 0 aliphatic carbocycles. The van der Waals surface area contributed by atoms with E-state index in [1.165, 1.54) is 24.3 Å². The molecule has 0 saturated carbocycles. The minimum atomic E-state index is -4.76. The fourth-order valence-corrected chi connectivity index (χ4v) is 3.35. The molecule has 2 heterocycles. The van der Waals surface area contributed by atoms with Crippen molar-refractivity contribution in [3.63, 3.8) is 0 Å². The summed E-state index contributed by atoms with van der Waals surface area (Å²) in [5, 5.41) is 8.48. The summed E-state index contributed by atoms with van der Waals surface area (Å²) in [6.07, 6.45) is -4.76. The maximum Gasteiger partial charge on any atom is 0.573 e. The van der Waals surface area contributed by atoms with Gasteiger partial charge >= 0.3 is 6.36 Å². The zero-order chi connectivity index (χ0) is 26.3. The fourth-order valence-electron chi connectivity index (χ4n) is 3.35. The van der Waals surface area contributed by atoms with Crippen molar-refractivity contribution in [2.45, 2.75) is 19.8 Å². The second kappa shape index (κ2) is 11.9. The van der Waals surface area contributed by atoms with Crippen LogP contribution >= 0.6 is 0 Å². The highest BCUT2D eigenvalue weighted by atomic mass is 19.4. The van der Waals surface area contributed by atoms with Crippen molar-refractivity contribution in [2.24, 2.45) is 0 Å². The van der Waals surface area contributed by atoms with E-state index in [1.54, 1.807) is 7.11 Å². The lowest BCUT2D eigenvalue weighted by atomic mass is 10.2. The van der Waals surface area contributed by atoms with Gasteiger partial charge in [-0.05, 0) is 55.0 Å². The third kappa shape index (κ3) is 7.54. The van der Waals surface area contributed by atoms with E-state index in [-0.39, 0.29) is 17.5 Å². The smallest absolute Gasteiger partial charge is 0.491 e. The summed E-state index contributed by atoms with van der Waals surface area (Å²) >= 11 is 0. The van der Waals surface area contributed by atoms with Crippen LogP contribution < -0.4 is 9.47 Å². The topological polar surface area (TPSA) is 93.7 Å². The molecular weight excluding hydrogens is 493 g/mol. The SMILES string of the molecule is COCCOCCOc1ccc(Cn2nc(-c3nc(-c4ccc(OC(F)(F)F)cc4)no3)cc2C)cc1. The Morgan fingerprint density at radius 3 is 2.32 bits per heavy atom. The summed E-state index contributed by atoms with van der Waals surface area (Å²) in [6, 6.07) is 14.7. The van der Waals surface area contributed by atoms with Crippen LogP contribution in [0.1, 0.15) is 11.3 Å². The molecule has 2 aromatic carbocycles. The van der Waals surface area contributed by atoms with Gasteiger partial charge in [-0.25, -0.2) is 0 Å². The molecule has 4 aromatic rings. The van der Waals surface area contributed by atoms with Crippen molar-refractivity contribution >= 4 is 0 Å². The maximum absolute atomic E-state index is 12.4. The summed E-state index contributed by atoms with van der Waals surface area (Å²) in [6.45, 7) is 4.44. The molecule has 2 aromatic heterocycles. The van der Waals surface area contributed by atoms with E-state index >= 15 is 0 Å². The van der Waals surface area contributed by atoms with E-state index in [9.17, 15) is 13.2 Å². The van der Waals surface area contributed by atoms with E-state index < -0.39 is 6.36 Å². The van der Waals surface area contributed by atoms with Gasteiger partial charge < -0.3 is 23.5 Å². The van der Waals surface area contributed by atoms with Crippen LogP contribution in [0.3, 0.4) is 0 Å². The predicted octanol–water partition coefficient (Wildman–Crippen LogP) is 4.90. The Balaban J connectivity index is 1.35. The zero-order valence-electron chi connectivity index (χ0n) is 20.2. The van der Waals surface area contributed by atoms with Crippen LogP contribution in [0.25, 0.3) is 23.0 Å². The second-order valence-corrected chi connectivity index (χ2v) is 7.92. The van der Waals surface area contributed by atoms with Gasteiger partial charge in [-0.1, -0.05) is 17.3 Å². The van der Waals surface area contributed by atoms with Gasteiger partial charge in [-0.3, -0.25) is 4.68 Å². The number of benzene rings is 2. The molecule has 0 spiro atoms. The molecule has 0 aliphatic heterocycles. The Morgan fingerprint density at radius 1 is 0.919 bits per heavy atom. The van der Waals surface area contributed by atoms with E-state index in [2.05, 4.69) is 20.0 Å². The molecule has 9 nitrogen and oxygen atoms in total. The summed E-state index contributed by atoms with van der Waals surface area (Å²) in [7, 11) is 1.63. The number of hydrogen-bond acceptors (Lipinski definition) is 8. The fraction of sp³-hybridized carbons (Fsp3) is 0.320. The quantitative estimate of drug-likeness (QED) is 0.245. The van der Waals surface area contributed by atoms with Crippen LogP contribution in [0.2, 0.25) is 0 Å². The summed E-state index contributed by atoms with van der Waals surface area (Å²) in [4.78, 5) is 4.33. The molecule has 4 rings (SSSR count). The van der Waals surface area contributed by atoms with E-state index in [0.29, 0.717) is 44.2 Å². The van der Waals surface area contributed by atoms with E-state index in [0.717, 1.165) is 17.0 Å². The van der Waals surface area contributed by atoms with Gasteiger partial charge in [0.25, 0.3) is 5.89 Å². The number of rotatable bonds is 12. The molecule has 0 N–H and O–H groups in total. The molecule has 0 fully saturated rings. The van der Waals surface area contributed by atoms with Crippen molar-refractivity contribution < 1.29 is 36.6 Å². The average molecular weight is 518 g/mol. The first kappa shape index (κ1) is 26.2. The number of alkyl halides is 3. The van der Waals surface area contributed by atoms with Gasteiger partial charge in [0, 0.05) is 18.4 Å². The average Bonchev–Trinajstić information content (AvgIpc) is 3.49. The minimum absolute atomic E-state index is 0.198. The molecule has 196 valence electrons. The summed E-state index contributed by atoms with van der Waals surface area (Å²) in [5.74, 6) is 0.832. The van der Waals surface area contributed by atoms with Gasteiger partial charge in [0.05, 0.1) is 26.4 Å². The Morgan fingerprint density at radius 2 is 1.62 bits per heavy atom. The van der Waals surface area contributed by atoms with Gasteiger partial charge in [0.1, 0.15) is 18.1 Å². The molecule has 0 aliphatic rings. The number of aromatic nitrogens is 4. The first-order chi connectivity index (χ1) is 17.8. The molecule has 0 amide bonds. The highest BCUT2D eigenvalue weighted by Crippen LogP contribution is 2.27. The van der Waals surface area contributed by atoms with Crippen LogP contribution in [0, 0.1) is 6.92 Å². The van der Waals surface area contributed by atoms with Crippen LogP contribution in [0.5, 0.6) is 11.5 Å². The zero-order valence-corrected chi connectivity index (χ0v) is 20.2. The number of ether oxygens (including phenoxy) is 4. The highest BCUT2D eigenvalue weighted by molar-refractivity contribution is 5.59. The third-order valence-corrected chi connectivity index (χ3v) is 5.16. The van der Waals surface area contributed by atoms with Gasteiger partial charge in [-0.15, -0.1) is 13.2 Å². The number of aryl methyl sites for hydroxylation is 1. The molecule has 0 unspecified atom stereocenters. The molecular formula is C25H25F3N4O5. The Bertz CT molecular complexity index is 1270. The van der Waals surface area contributed by atoms with Crippen molar-refractivity contribution in [1.82, 2.24) is 19.9 Å². The Hall–Kier alpha value is -3.90. The van der Waals surface area contributed by atoms with Crippen molar-refractivity contribution in [1.29, 1.82) is 0 Å². The molecule has 12 heteroatoms. The molecule has 0 bridgehead atoms. The number of methoxy groups -OCH3 is 1. The van der Waals surface area contributed by atoms with Gasteiger partial charge in [0.2, 0.25) is 5.82 Å². The second-order valence-electron chi connectivity index (χ2n) is 7.92. The largest absolute Gasteiger partial charge is 0.573 e. The normalized spacial score (nSPS) is 11.6. The molecule has 0 radical (unpaired) electrons. The Kier molecular flexibility index (Phi) is 8.41. The summed E-state index contributed by atoms with van der Waals surface area (Å²) < 4.78 is 64.0. The van der Waals surface area contributed by atoms with E-state index in [1.807, 2.05) is 41.9 Å². The van der Waals surface area contributed by atoms with Crippen LogP contribution in [0.15, 0.2) is 59.1 Å². The van der Waals surface area contributed by atoms with Crippen molar-refractivity contribution in [3.8, 4) is 34.5 Å². The van der Waals surface area contributed by atoms with Crippen molar-refractivity contribution in [2.75, 3.05) is 33.5 Å². The summed E-state index contributed by atoms with van der Waals surface area (Å²) in [5.41, 5.74) is 2.87. The van der Waals surface area contributed by atoms with Crippen molar-refractivity contribution in [3.05, 3.63) is 65.9 Å². The number of halogens is 3. The first-order valence-corrected chi connectivity index (χ1v) is 11.3.